The Morgan fingerprint density at radius 3 is 2.52 bits per heavy atom. The SMILES string of the molecule is O=C(OCc1ccc(S(=O)(=O)C(F)F)cc1)C1CCCCN1C1=NS(=O)(=O)c2ccccc21. The molecule has 2 aliphatic rings. The lowest BCUT2D eigenvalue weighted by molar-refractivity contribution is -0.150. The molecule has 0 amide bonds. The highest BCUT2D eigenvalue weighted by Gasteiger charge is 2.38. The zero-order chi connectivity index (χ0) is 23.8. The fourth-order valence-corrected chi connectivity index (χ4v) is 5.79. The lowest BCUT2D eigenvalue weighted by atomic mass is 10.0. The van der Waals surface area contributed by atoms with Crippen molar-refractivity contribution in [3.05, 3.63) is 59.7 Å². The van der Waals surface area contributed by atoms with Crippen molar-refractivity contribution >= 4 is 31.7 Å². The van der Waals surface area contributed by atoms with Crippen LogP contribution in [0, 0.1) is 0 Å². The fourth-order valence-electron chi connectivity index (χ4n) is 3.85. The molecule has 2 aromatic rings. The van der Waals surface area contributed by atoms with Gasteiger partial charge < -0.3 is 9.64 Å². The summed E-state index contributed by atoms with van der Waals surface area (Å²) in [6.45, 7) is 0.238. The minimum absolute atomic E-state index is 0.0940. The van der Waals surface area contributed by atoms with E-state index < -0.39 is 42.5 Å². The van der Waals surface area contributed by atoms with Gasteiger partial charge in [-0.2, -0.15) is 17.2 Å². The molecule has 176 valence electrons. The largest absolute Gasteiger partial charge is 0.459 e. The second-order valence-electron chi connectivity index (χ2n) is 7.65. The van der Waals surface area contributed by atoms with Gasteiger partial charge in [0, 0.05) is 12.1 Å². The summed E-state index contributed by atoms with van der Waals surface area (Å²) in [6.07, 6.45) is 1.95. The predicted octanol–water partition coefficient (Wildman–Crippen LogP) is 2.73. The molecule has 0 aliphatic carbocycles. The second-order valence-corrected chi connectivity index (χ2v) is 11.1. The quantitative estimate of drug-likeness (QED) is 0.583. The Morgan fingerprint density at radius 2 is 1.82 bits per heavy atom. The van der Waals surface area contributed by atoms with Crippen LogP contribution in [0.5, 0.6) is 0 Å². The van der Waals surface area contributed by atoms with Crippen molar-refractivity contribution in [1.82, 2.24) is 4.90 Å². The molecular formula is C21H20F2N2O6S2. The maximum absolute atomic E-state index is 12.9. The molecule has 0 aromatic heterocycles. The number of piperidine rings is 1. The van der Waals surface area contributed by atoms with Gasteiger partial charge in [-0.3, -0.25) is 0 Å². The topological polar surface area (TPSA) is 110 Å². The standard InChI is InChI=1S/C21H20F2N2O6S2/c22-21(23)32(27,28)15-10-8-14(9-11-15)13-31-20(26)17-6-3-4-12-25(17)19-16-5-1-2-7-18(16)33(29,30)24-19/h1-2,5,7-11,17,21H,3-4,6,12-13H2. The number of hydrogen-bond donors (Lipinski definition) is 0. The van der Waals surface area contributed by atoms with Crippen LogP contribution in [-0.4, -0.2) is 51.9 Å². The van der Waals surface area contributed by atoms with Crippen molar-refractivity contribution in [3.8, 4) is 0 Å². The summed E-state index contributed by atoms with van der Waals surface area (Å²) in [5.74, 6) is -3.89. The van der Waals surface area contributed by atoms with Gasteiger partial charge in [-0.15, -0.1) is 4.40 Å². The zero-order valence-corrected chi connectivity index (χ0v) is 18.9. The number of alkyl halides is 2. The van der Waals surface area contributed by atoms with Crippen molar-refractivity contribution in [1.29, 1.82) is 0 Å². The number of rotatable bonds is 5. The molecule has 1 fully saturated rings. The summed E-state index contributed by atoms with van der Waals surface area (Å²) >= 11 is 0. The van der Waals surface area contributed by atoms with E-state index in [4.69, 9.17) is 4.74 Å². The Labute approximate surface area is 189 Å². The highest BCUT2D eigenvalue weighted by Crippen LogP contribution is 2.31. The van der Waals surface area contributed by atoms with Crippen molar-refractivity contribution in [2.24, 2.45) is 4.40 Å². The van der Waals surface area contributed by atoms with Gasteiger partial charge in [0.05, 0.1) is 4.90 Å². The van der Waals surface area contributed by atoms with Crippen LogP contribution in [0.1, 0.15) is 30.4 Å². The summed E-state index contributed by atoms with van der Waals surface area (Å²) in [6, 6.07) is 10.3. The zero-order valence-electron chi connectivity index (χ0n) is 17.2. The number of sulfonamides is 1. The van der Waals surface area contributed by atoms with Crippen LogP contribution in [-0.2, 0) is 36.0 Å². The number of halogens is 2. The Hall–Kier alpha value is -2.86. The van der Waals surface area contributed by atoms with Crippen molar-refractivity contribution < 1.29 is 35.1 Å². The van der Waals surface area contributed by atoms with E-state index in [1.807, 2.05) is 0 Å². The molecule has 0 N–H and O–H groups in total. The number of sulfone groups is 1. The number of likely N-dealkylation sites (tertiary alicyclic amines) is 1. The van der Waals surface area contributed by atoms with Crippen molar-refractivity contribution in [2.75, 3.05) is 6.54 Å². The molecule has 0 radical (unpaired) electrons. The minimum atomic E-state index is -4.70. The normalized spacial score (nSPS) is 19.8. The van der Waals surface area contributed by atoms with Gasteiger partial charge in [0.2, 0.25) is 9.84 Å². The molecule has 2 aliphatic heterocycles. The van der Waals surface area contributed by atoms with E-state index in [0.717, 1.165) is 25.0 Å². The smallest absolute Gasteiger partial charge is 0.341 e. The number of benzene rings is 2. The first-order valence-electron chi connectivity index (χ1n) is 10.1. The van der Waals surface area contributed by atoms with Crippen molar-refractivity contribution in [3.63, 3.8) is 0 Å². The summed E-state index contributed by atoms with van der Waals surface area (Å²) in [7, 11) is -8.54. The van der Waals surface area contributed by atoms with E-state index >= 15 is 0 Å². The van der Waals surface area contributed by atoms with Gasteiger partial charge in [0.25, 0.3) is 10.0 Å². The molecule has 1 unspecified atom stereocenters. The second kappa shape index (κ2) is 8.82. The molecule has 2 aromatic carbocycles. The van der Waals surface area contributed by atoms with Crippen LogP contribution in [0.4, 0.5) is 8.78 Å². The first kappa shape index (κ1) is 23.3. The third-order valence-electron chi connectivity index (χ3n) is 5.53. The molecule has 0 spiro atoms. The highest BCUT2D eigenvalue weighted by molar-refractivity contribution is 7.91. The van der Waals surface area contributed by atoms with Crippen LogP contribution >= 0.6 is 0 Å². The first-order chi connectivity index (χ1) is 15.6. The number of carbonyl (C=O) groups excluding carboxylic acids is 1. The minimum Gasteiger partial charge on any atom is -0.459 e. The van der Waals surface area contributed by atoms with Crippen LogP contribution in [0.15, 0.2) is 62.7 Å². The van der Waals surface area contributed by atoms with Crippen LogP contribution < -0.4 is 0 Å². The van der Waals surface area contributed by atoms with Gasteiger partial charge in [0.1, 0.15) is 17.5 Å². The third-order valence-corrected chi connectivity index (χ3v) is 8.25. The summed E-state index contributed by atoms with van der Waals surface area (Å²) in [5.41, 5.74) is 0.859. The Balaban J connectivity index is 1.49. The third kappa shape index (κ3) is 4.49. The molecule has 4 rings (SSSR count). The molecule has 8 nitrogen and oxygen atoms in total. The lowest BCUT2D eigenvalue weighted by Gasteiger charge is -2.35. The van der Waals surface area contributed by atoms with E-state index in [2.05, 4.69) is 4.40 Å². The fraction of sp³-hybridized carbons (Fsp3) is 0.333. The van der Waals surface area contributed by atoms with Gasteiger partial charge in [-0.05, 0) is 49.1 Å². The average molecular weight is 499 g/mol. The van der Waals surface area contributed by atoms with Gasteiger partial charge >= 0.3 is 11.7 Å². The van der Waals surface area contributed by atoms with E-state index in [1.165, 1.54) is 18.2 Å². The molecule has 12 heteroatoms. The molecule has 33 heavy (non-hydrogen) atoms. The van der Waals surface area contributed by atoms with Crippen LogP contribution in [0.25, 0.3) is 0 Å². The first-order valence-corrected chi connectivity index (χ1v) is 13.1. The van der Waals surface area contributed by atoms with E-state index in [9.17, 15) is 30.4 Å². The van der Waals surface area contributed by atoms with E-state index in [1.54, 1.807) is 23.1 Å². The number of fused-ring (bicyclic) bond motifs is 1. The van der Waals surface area contributed by atoms with Gasteiger partial charge in [-0.25, -0.2) is 13.2 Å². The van der Waals surface area contributed by atoms with E-state index in [0.29, 0.717) is 24.1 Å². The summed E-state index contributed by atoms with van der Waals surface area (Å²) in [5, 5.41) is 0. The number of amidine groups is 1. The molecular weight excluding hydrogens is 478 g/mol. The number of hydrogen-bond acceptors (Lipinski definition) is 7. The highest BCUT2D eigenvalue weighted by atomic mass is 32.2. The van der Waals surface area contributed by atoms with Crippen LogP contribution in [0.2, 0.25) is 0 Å². The Kier molecular flexibility index (Phi) is 6.23. The number of carbonyl (C=O) groups is 1. The maximum Gasteiger partial charge on any atom is 0.341 e. The molecule has 2 heterocycles. The summed E-state index contributed by atoms with van der Waals surface area (Å²) in [4.78, 5) is 14.1. The van der Waals surface area contributed by atoms with Gasteiger partial charge in [0.15, 0.2) is 5.84 Å². The Bertz CT molecular complexity index is 1310. The number of esters is 1. The monoisotopic (exact) mass is 498 g/mol. The summed E-state index contributed by atoms with van der Waals surface area (Å²) < 4.78 is 82.5. The Morgan fingerprint density at radius 1 is 1.12 bits per heavy atom. The number of ether oxygens (including phenoxy) is 1. The van der Waals surface area contributed by atoms with Gasteiger partial charge in [-0.1, -0.05) is 24.3 Å². The molecule has 1 atom stereocenters. The van der Waals surface area contributed by atoms with Crippen molar-refractivity contribution in [2.45, 2.75) is 47.5 Å². The molecule has 1 saturated heterocycles. The lowest BCUT2D eigenvalue weighted by Crippen LogP contribution is -2.48. The molecule has 0 saturated carbocycles. The average Bonchev–Trinajstić information content (AvgIpc) is 3.08. The number of nitrogens with zero attached hydrogens (tertiary/aromatic N) is 2. The van der Waals surface area contributed by atoms with E-state index in [-0.39, 0.29) is 17.3 Å². The van der Waals surface area contributed by atoms with Crippen LogP contribution in [0.3, 0.4) is 0 Å². The predicted molar refractivity (Wildman–Crippen MR) is 114 cm³/mol. The molecule has 0 bridgehead atoms. The maximum atomic E-state index is 12.9.